The molecule has 1 aromatic heterocycles. The Morgan fingerprint density at radius 1 is 1.28 bits per heavy atom. The topological polar surface area (TPSA) is 33.2 Å². The number of rotatable bonds is 3. The molecular weight excluding hydrogens is 328 g/mol. The molecule has 2 aliphatic carbocycles. The molecule has 1 amide bonds. The van der Waals surface area contributed by atoms with E-state index < -0.39 is 0 Å². The maximum absolute atomic E-state index is 13.1. The average Bonchev–Trinajstić information content (AvgIpc) is 2.97. The van der Waals surface area contributed by atoms with Gasteiger partial charge in [0.05, 0.1) is 15.2 Å². The van der Waals surface area contributed by atoms with Crippen molar-refractivity contribution in [3.8, 4) is 0 Å². The largest absolute Gasteiger partial charge is 0.337 e. The number of benzene rings is 1. The van der Waals surface area contributed by atoms with E-state index in [0.717, 1.165) is 16.4 Å². The van der Waals surface area contributed by atoms with E-state index in [4.69, 9.17) is 4.98 Å². The van der Waals surface area contributed by atoms with Gasteiger partial charge >= 0.3 is 0 Å². The van der Waals surface area contributed by atoms with Crippen LogP contribution in [0.25, 0.3) is 10.2 Å². The Morgan fingerprint density at radius 3 is 2.68 bits per heavy atom. The molecule has 2 saturated heterocycles. The molecule has 3 unspecified atom stereocenters. The van der Waals surface area contributed by atoms with Gasteiger partial charge in [-0.2, -0.15) is 0 Å². The molecule has 1 aromatic carbocycles. The van der Waals surface area contributed by atoms with E-state index in [1.165, 1.54) is 36.8 Å². The summed E-state index contributed by atoms with van der Waals surface area (Å²) >= 11 is 1.74. The zero-order valence-electron chi connectivity index (χ0n) is 15.1. The Bertz CT molecular complexity index is 779. The van der Waals surface area contributed by atoms with E-state index in [0.29, 0.717) is 29.8 Å². The van der Waals surface area contributed by atoms with Gasteiger partial charge < -0.3 is 4.90 Å². The molecule has 3 atom stereocenters. The number of hydrogen-bond acceptors (Lipinski definition) is 3. The van der Waals surface area contributed by atoms with Crippen LogP contribution in [0.4, 0.5) is 0 Å². The third-order valence-electron chi connectivity index (χ3n) is 6.74. The van der Waals surface area contributed by atoms with Crippen LogP contribution in [0.1, 0.15) is 63.3 Å². The van der Waals surface area contributed by atoms with Gasteiger partial charge in [-0.3, -0.25) is 4.79 Å². The van der Waals surface area contributed by atoms with Gasteiger partial charge in [0, 0.05) is 24.4 Å². The number of piperidine rings is 2. The van der Waals surface area contributed by atoms with Crippen LogP contribution in [0.2, 0.25) is 0 Å². The van der Waals surface area contributed by atoms with E-state index in [-0.39, 0.29) is 5.92 Å². The van der Waals surface area contributed by atoms with Crippen LogP contribution in [-0.4, -0.2) is 27.9 Å². The minimum Gasteiger partial charge on any atom is -0.337 e. The summed E-state index contributed by atoms with van der Waals surface area (Å²) in [7, 11) is 0. The molecule has 6 rings (SSSR count). The number of nitrogens with zero attached hydrogens (tertiary/aromatic N) is 2. The van der Waals surface area contributed by atoms with Crippen molar-refractivity contribution >= 4 is 27.5 Å². The summed E-state index contributed by atoms with van der Waals surface area (Å²) in [6.45, 7) is 4.61. The molecule has 0 N–H and O–H groups in total. The van der Waals surface area contributed by atoms with Crippen LogP contribution in [0.3, 0.4) is 0 Å². The van der Waals surface area contributed by atoms with E-state index >= 15 is 0 Å². The van der Waals surface area contributed by atoms with Gasteiger partial charge in [-0.25, -0.2) is 4.98 Å². The third kappa shape index (κ3) is 2.61. The predicted molar refractivity (Wildman–Crippen MR) is 102 cm³/mol. The monoisotopic (exact) mass is 354 g/mol. The molecule has 4 bridgehead atoms. The van der Waals surface area contributed by atoms with Gasteiger partial charge in [0.25, 0.3) is 0 Å². The van der Waals surface area contributed by atoms with Gasteiger partial charge in [0.15, 0.2) is 0 Å². The Kier molecular flexibility index (Phi) is 3.50. The summed E-state index contributed by atoms with van der Waals surface area (Å²) in [6, 6.07) is 9.28. The summed E-state index contributed by atoms with van der Waals surface area (Å²) < 4.78 is 1.22. The van der Waals surface area contributed by atoms with Crippen LogP contribution in [0, 0.1) is 11.3 Å². The summed E-state index contributed by atoms with van der Waals surface area (Å²) in [5, 5.41) is 1.10. The van der Waals surface area contributed by atoms with Crippen molar-refractivity contribution in [3.63, 3.8) is 0 Å². The molecule has 2 aliphatic heterocycles. The van der Waals surface area contributed by atoms with E-state index in [1.54, 1.807) is 11.3 Å². The van der Waals surface area contributed by atoms with Crippen LogP contribution in [0.15, 0.2) is 24.3 Å². The van der Waals surface area contributed by atoms with Crippen LogP contribution >= 0.6 is 11.3 Å². The number of para-hydroxylation sites is 1. The highest BCUT2D eigenvalue weighted by atomic mass is 32.1. The lowest BCUT2D eigenvalue weighted by molar-refractivity contribution is -0.156. The molecule has 2 aromatic rings. The summed E-state index contributed by atoms with van der Waals surface area (Å²) in [5.74, 6) is 1.44. The second-order valence-corrected chi connectivity index (χ2v) is 10.1. The van der Waals surface area contributed by atoms with E-state index in [1.807, 2.05) is 6.07 Å². The molecule has 0 spiro atoms. The molecule has 0 radical (unpaired) electrons. The first-order chi connectivity index (χ1) is 12.0. The van der Waals surface area contributed by atoms with Crippen molar-refractivity contribution in [2.45, 2.75) is 70.4 Å². The highest BCUT2D eigenvalue weighted by Crippen LogP contribution is 2.56. The smallest absolute Gasteiger partial charge is 0.223 e. The lowest BCUT2D eigenvalue weighted by Crippen LogP contribution is -2.62. The maximum atomic E-state index is 13.1. The maximum Gasteiger partial charge on any atom is 0.223 e. The fourth-order valence-electron chi connectivity index (χ4n) is 5.97. The highest BCUT2D eigenvalue weighted by Gasteiger charge is 2.53. The summed E-state index contributed by atoms with van der Waals surface area (Å²) in [4.78, 5) is 20.2. The summed E-state index contributed by atoms with van der Waals surface area (Å²) in [5.41, 5.74) is 1.57. The predicted octanol–water partition coefficient (Wildman–Crippen LogP) is 4.97. The van der Waals surface area contributed by atoms with Crippen LogP contribution in [0.5, 0.6) is 0 Å². The molecule has 132 valence electrons. The zero-order chi connectivity index (χ0) is 17.2. The molecule has 4 fully saturated rings. The van der Waals surface area contributed by atoms with Crippen molar-refractivity contribution in [2.75, 3.05) is 0 Å². The van der Waals surface area contributed by atoms with Gasteiger partial charge in [0.2, 0.25) is 5.91 Å². The molecular formula is C21H26N2OS. The standard InChI is InChI=1S/C21H26N2OS/c1-13(20-22-17-5-3-4-6-18(17)25-20)7-19(24)23-15-8-14-9-16(23)12-21(2,10-14)11-15/h3-6,13-16H,7-12H2,1-2H3. The van der Waals surface area contributed by atoms with Crippen molar-refractivity contribution in [3.05, 3.63) is 29.3 Å². The fraction of sp³-hybridized carbons (Fsp3) is 0.619. The molecule has 3 nitrogen and oxygen atoms in total. The van der Waals surface area contributed by atoms with Crippen molar-refractivity contribution < 1.29 is 4.79 Å². The number of carbonyl (C=O) groups is 1. The van der Waals surface area contributed by atoms with Gasteiger partial charge in [-0.1, -0.05) is 26.0 Å². The minimum absolute atomic E-state index is 0.206. The quantitative estimate of drug-likeness (QED) is 0.780. The zero-order valence-corrected chi connectivity index (χ0v) is 15.9. The van der Waals surface area contributed by atoms with Crippen molar-refractivity contribution in [1.82, 2.24) is 9.88 Å². The fourth-order valence-corrected chi connectivity index (χ4v) is 6.99. The second-order valence-electron chi connectivity index (χ2n) is 8.99. The number of carbonyl (C=O) groups excluding carboxylic acids is 1. The number of amides is 1. The first kappa shape index (κ1) is 15.8. The Morgan fingerprint density at radius 2 is 2.00 bits per heavy atom. The first-order valence-electron chi connectivity index (χ1n) is 9.67. The van der Waals surface area contributed by atoms with Gasteiger partial charge in [-0.05, 0) is 55.6 Å². The summed E-state index contributed by atoms with van der Waals surface area (Å²) in [6.07, 6.45) is 6.93. The van der Waals surface area contributed by atoms with Gasteiger partial charge in [0.1, 0.15) is 0 Å². The number of hydrogen-bond donors (Lipinski definition) is 0. The first-order valence-corrected chi connectivity index (χ1v) is 10.5. The highest BCUT2D eigenvalue weighted by molar-refractivity contribution is 7.18. The normalized spacial score (nSPS) is 34.6. The van der Waals surface area contributed by atoms with Crippen molar-refractivity contribution in [2.24, 2.45) is 11.3 Å². The Hall–Kier alpha value is -1.42. The van der Waals surface area contributed by atoms with Crippen LogP contribution < -0.4 is 0 Å². The van der Waals surface area contributed by atoms with E-state index in [2.05, 4.69) is 36.9 Å². The molecule has 4 aliphatic rings. The van der Waals surface area contributed by atoms with E-state index in [9.17, 15) is 4.79 Å². The van der Waals surface area contributed by atoms with Crippen LogP contribution in [-0.2, 0) is 4.79 Å². The lowest BCUT2D eigenvalue weighted by atomic mass is 9.56. The Balaban J connectivity index is 1.33. The molecule has 2 saturated carbocycles. The molecule has 3 heterocycles. The molecule has 4 heteroatoms. The SMILES string of the molecule is CC(CC(=O)N1C2CC3CC1CC(C)(C3)C2)c1nc2ccccc2s1. The third-order valence-corrected chi connectivity index (χ3v) is 8.00. The second kappa shape index (κ2) is 5.54. The average molecular weight is 355 g/mol. The Labute approximate surface area is 153 Å². The lowest BCUT2D eigenvalue weighted by Gasteiger charge is -2.60. The molecule has 25 heavy (non-hydrogen) atoms. The van der Waals surface area contributed by atoms with Gasteiger partial charge in [-0.15, -0.1) is 11.3 Å². The number of thiazole rings is 1. The number of aromatic nitrogens is 1. The van der Waals surface area contributed by atoms with Crippen molar-refractivity contribution in [1.29, 1.82) is 0 Å². The minimum atomic E-state index is 0.206. The number of fused-ring (bicyclic) bond motifs is 1.